The lowest BCUT2D eigenvalue weighted by atomic mass is 10.0. The van der Waals surface area contributed by atoms with Crippen LogP contribution < -0.4 is 5.32 Å². The van der Waals surface area contributed by atoms with Gasteiger partial charge in [-0.25, -0.2) is 0 Å². The van der Waals surface area contributed by atoms with Gasteiger partial charge in [0.1, 0.15) is 0 Å². The molecule has 0 aliphatic rings. The van der Waals surface area contributed by atoms with Crippen molar-refractivity contribution in [1.82, 2.24) is 10.3 Å². The van der Waals surface area contributed by atoms with E-state index in [-0.39, 0.29) is 6.04 Å². The molecule has 0 aliphatic heterocycles. The second kappa shape index (κ2) is 6.37. The third kappa shape index (κ3) is 3.31. The highest BCUT2D eigenvalue weighted by Crippen LogP contribution is 2.22. The highest BCUT2D eigenvalue weighted by molar-refractivity contribution is 9.10. The number of nitrogens with one attached hydrogen (secondary N) is 1. The van der Waals surface area contributed by atoms with Gasteiger partial charge in [0, 0.05) is 28.0 Å². The van der Waals surface area contributed by atoms with Gasteiger partial charge >= 0.3 is 0 Å². The van der Waals surface area contributed by atoms with E-state index in [4.69, 9.17) is 4.98 Å². The van der Waals surface area contributed by atoms with Gasteiger partial charge in [0.2, 0.25) is 0 Å². The predicted molar refractivity (Wildman–Crippen MR) is 91.4 cm³/mol. The van der Waals surface area contributed by atoms with Gasteiger partial charge in [0.05, 0.1) is 5.52 Å². The van der Waals surface area contributed by atoms with Crippen molar-refractivity contribution >= 4 is 26.8 Å². The van der Waals surface area contributed by atoms with Crippen molar-refractivity contribution in [2.75, 3.05) is 7.05 Å². The Morgan fingerprint density at radius 1 is 1.05 bits per heavy atom. The van der Waals surface area contributed by atoms with E-state index in [1.165, 1.54) is 10.9 Å². The summed E-state index contributed by atoms with van der Waals surface area (Å²) in [4.78, 5) is 4.76. The number of fused-ring (bicyclic) bond motifs is 1. The summed E-state index contributed by atoms with van der Waals surface area (Å²) >= 11 is 3.53. The van der Waals surface area contributed by atoms with Gasteiger partial charge in [-0.05, 0) is 36.9 Å². The Balaban J connectivity index is 1.88. The summed E-state index contributed by atoms with van der Waals surface area (Å²) in [5.74, 6) is 0. The molecule has 0 spiro atoms. The molecule has 1 atom stereocenters. The first-order valence-corrected chi connectivity index (χ1v) is 7.83. The quantitative estimate of drug-likeness (QED) is 0.756. The van der Waals surface area contributed by atoms with Crippen molar-refractivity contribution in [1.29, 1.82) is 0 Å². The summed E-state index contributed by atoms with van der Waals surface area (Å²) in [6, 6.07) is 21.2. The van der Waals surface area contributed by atoms with Crippen LogP contribution in [0.5, 0.6) is 0 Å². The van der Waals surface area contributed by atoms with E-state index >= 15 is 0 Å². The second-order valence-corrected chi connectivity index (χ2v) is 6.01. The zero-order chi connectivity index (χ0) is 14.7. The summed E-state index contributed by atoms with van der Waals surface area (Å²) in [7, 11) is 1.99. The average molecular weight is 341 g/mol. The number of pyridine rings is 1. The maximum atomic E-state index is 4.76. The molecule has 0 saturated carbocycles. The number of hydrogen-bond donors (Lipinski definition) is 1. The van der Waals surface area contributed by atoms with Gasteiger partial charge in [-0.15, -0.1) is 0 Å². The Hall–Kier alpha value is -1.71. The first-order valence-electron chi connectivity index (χ1n) is 7.03. The van der Waals surface area contributed by atoms with Crippen LogP contribution in [0, 0.1) is 0 Å². The Labute approximate surface area is 133 Å². The number of rotatable bonds is 4. The van der Waals surface area contributed by atoms with Crippen LogP contribution in [0.4, 0.5) is 0 Å². The highest BCUT2D eigenvalue weighted by atomic mass is 79.9. The fourth-order valence-corrected chi connectivity index (χ4v) is 2.96. The molecule has 0 fully saturated rings. The number of halogens is 1. The van der Waals surface area contributed by atoms with E-state index in [1.54, 1.807) is 0 Å². The second-order valence-electron chi connectivity index (χ2n) is 5.10. The topological polar surface area (TPSA) is 24.9 Å². The van der Waals surface area contributed by atoms with Crippen LogP contribution >= 0.6 is 15.9 Å². The van der Waals surface area contributed by atoms with Crippen LogP contribution in [0.1, 0.15) is 17.3 Å². The van der Waals surface area contributed by atoms with Crippen LogP contribution in [0.2, 0.25) is 0 Å². The van der Waals surface area contributed by atoms with Crippen molar-refractivity contribution in [3.05, 3.63) is 76.4 Å². The minimum absolute atomic E-state index is 0.260. The zero-order valence-electron chi connectivity index (χ0n) is 11.9. The number of benzene rings is 2. The molecule has 0 saturated heterocycles. The normalized spacial score (nSPS) is 12.5. The van der Waals surface area contributed by atoms with E-state index in [1.807, 2.05) is 25.2 Å². The number of para-hydroxylation sites is 1. The summed E-state index contributed by atoms with van der Waals surface area (Å²) in [6.45, 7) is 0. The molecule has 2 nitrogen and oxygen atoms in total. The maximum absolute atomic E-state index is 4.76. The number of nitrogens with zero attached hydrogens (tertiary/aromatic N) is 1. The van der Waals surface area contributed by atoms with E-state index in [0.717, 1.165) is 22.1 Å². The fraction of sp³-hybridized carbons (Fsp3) is 0.167. The van der Waals surface area contributed by atoms with Crippen LogP contribution in [-0.2, 0) is 6.42 Å². The Kier molecular flexibility index (Phi) is 4.32. The SMILES string of the molecule is CNC(Cc1ccc2ccccc2n1)c1cccc(Br)c1. The van der Waals surface area contributed by atoms with Gasteiger partial charge < -0.3 is 5.32 Å². The standard InChI is InChI=1S/C18H17BrN2/c1-20-18(14-6-4-7-15(19)11-14)12-16-10-9-13-5-2-3-8-17(13)21-16/h2-11,18,20H,12H2,1H3. The molecule has 0 amide bonds. The average Bonchev–Trinajstić information content (AvgIpc) is 2.52. The number of hydrogen-bond acceptors (Lipinski definition) is 2. The minimum Gasteiger partial charge on any atom is -0.313 e. The summed E-state index contributed by atoms with van der Waals surface area (Å²) in [5.41, 5.74) is 3.42. The Morgan fingerprint density at radius 2 is 1.90 bits per heavy atom. The molecule has 1 aromatic heterocycles. The van der Waals surface area contributed by atoms with Gasteiger partial charge in [0.25, 0.3) is 0 Å². The molecular weight excluding hydrogens is 324 g/mol. The summed E-state index contributed by atoms with van der Waals surface area (Å²) in [5, 5.41) is 4.57. The molecule has 106 valence electrons. The predicted octanol–water partition coefficient (Wildman–Crippen LogP) is 4.50. The van der Waals surface area contributed by atoms with Crippen molar-refractivity contribution in [3.63, 3.8) is 0 Å². The van der Waals surface area contributed by atoms with Gasteiger partial charge in [0.15, 0.2) is 0 Å². The molecule has 0 bridgehead atoms. The molecule has 0 aliphatic carbocycles. The van der Waals surface area contributed by atoms with Crippen LogP contribution in [0.25, 0.3) is 10.9 Å². The summed E-state index contributed by atoms with van der Waals surface area (Å²) < 4.78 is 1.10. The highest BCUT2D eigenvalue weighted by Gasteiger charge is 2.11. The zero-order valence-corrected chi connectivity index (χ0v) is 13.5. The molecule has 1 heterocycles. The lowest BCUT2D eigenvalue weighted by Crippen LogP contribution is -2.19. The smallest absolute Gasteiger partial charge is 0.0705 e. The van der Waals surface area contributed by atoms with Gasteiger partial charge in [-0.1, -0.05) is 52.3 Å². The van der Waals surface area contributed by atoms with Gasteiger partial charge in [-0.2, -0.15) is 0 Å². The third-order valence-electron chi connectivity index (χ3n) is 3.67. The minimum atomic E-state index is 0.260. The molecule has 1 N–H and O–H groups in total. The molecule has 2 aromatic carbocycles. The van der Waals surface area contributed by atoms with E-state index in [0.29, 0.717) is 0 Å². The van der Waals surface area contributed by atoms with Gasteiger partial charge in [-0.3, -0.25) is 4.98 Å². The molecule has 21 heavy (non-hydrogen) atoms. The fourth-order valence-electron chi connectivity index (χ4n) is 2.54. The molecule has 3 heteroatoms. The van der Waals surface area contributed by atoms with Crippen LogP contribution in [-0.4, -0.2) is 12.0 Å². The third-order valence-corrected chi connectivity index (χ3v) is 4.16. The number of aromatic nitrogens is 1. The first kappa shape index (κ1) is 14.2. The summed E-state index contributed by atoms with van der Waals surface area (Å²) in [6.07, 6.45) is 0.873. The molecule has 3 rings (SSSR count). The molecule has 1 unspecified atom stereocenters. The largest absolute Gasteiger partial charge is 0.313 e. The van der Waals surface area contributed by atoms with Crippen molar-refractivity contribution in [2.45, 2.75) is 12.5 Å². The van der Waals surface area contributed by atoms with E-state index < -0.39 is 0 Å². The Bertz CT molecular complexity index is 755. The van der Waals surface area contributed by atoms with Crippen molar-refractivity contribution in [3.8, 4) is 0 Å². The Morgan fingerprint density at radius 3 is 2.71 bits per heavy atom. The maximum Gasteiger partial charge on any atom is 0.0705 e. The van der Waals surface area contributed by atoms with Crippen LogP contribution in [0.3, 0.4) is 0 Å². The van der Waals surface area contributed by atoms with E-state index in [2.05, 4.69) is 63.7 Å². The lowest BCUT2D eigenvalue weighted by molar-refractivity contribution is 0.585. The first-order chi connectivity index (χ1) is 10.3. The monoisotopic (exact) mass is 340 g/mol. The molecular formula is C18H17BrN2. The molecule has 3 aromatic rings. The molecule has 0 radical (unpaired) electrons. The van der Waals surface area contributed by atoms with Crippen LogP contribution in [0.15, 0.2) is 65.1 Å². The van der Waals surface area contributed by atoms with E-state index in [9.17, 15) is 0 Å². The van der Waals surface area contributed by atoms with Crippen molar-refractivity contribution < 1.29 is 0 Å². The number of likely N-dealkylation sites (N-methyl/N-ethyl adjacent to an activating group) is 1. The van der Waals surface area contributed by atoms with Crippen molar-refractivity contribution in [2.24, 2.45) is 0 Å². The lowest BCUT2D eigenvalue weighted by Gasteiger charge is -2.17.